The lowest BCUT2D eigenvalue weighted by Crippen LogP contribution is -2.41. The molecule has 21 heavy (non-hydrogen) atoms. The Kier molecular flexibility index (Phi) is 4.70. The zero-order valence-electron chi connectivity index (χ0n) is 11.9. The lowest BCUT2D eigenvalue weighted by atomic mass is 10.1. The minimum atomic E-state index is -3.76. The van der Waals surface area contributed by atoms with E-state index in [1.165, 1.54) is 21.1 Å². The van der Waals surface area contributed by atoms with Crippen LogP contribution in [0.2, 0.25) is 0 Å². The Balaban J connectivity index is 2.35. The van der Waals surface area contributed by atoms with Crippen LogP contribution in [0.1, 0.15) is 36.7 Å². The van der Waals surface area contributed by atoms with Gasteiger partial charge in [-0.1, -0.05) is 6.92 Å². The first kappa shape index (κ1) is 16.0. The van der Waals surface area contributed by atoms with Gasteiger partial charge in [-0.3, -0.25) is 0 Å². The van der Waals surface area contributed by atoms with Gasteiger partial charge in [-0.15, -0.1) is 0 Å². The molecule has 118 valence electrons. The Labute approximate surface area is 123 Å². The van der Waals surface area contributed by atoms with Gasteiger partial charge >= 0.3 is 5.97 Å². The van der Waals surface area contributed by atoms with Crippen molar-refractivity contribution in [1.29, 1.82) is 0 Å². The number of hydrogen-bond donors (Lipinski definition) is 2. The average molecular weight is 316 g/mol. The highest BCUT2D eigenvalue weighted by Gasteiger charge is 2.31. The molecule has 0 aromatic carbocycles. The number of carboxylic acids is 1. The van der Waals surface area contributed by atoms with Crippen LogP contribution in [0.15, 0.2) is 17.2 Å². The molecule has 1 aliphatic rings. The van der Waals surface area contributed by atoms with Gasteiger partial charge in [0.05, 0.1) is 6.10 Å². The second-order valence-corrected chi connectivity index (χ2v) is 7.16. The van der Waals surface area contributed by atoms with Crippen LogP contribution in [0, 0.1) is 0 Å². The number of aryl methyl sites for hydroxylation is 1. The molecule has 0 saturated carbocycles. The van der Waals surface area contributed by atoms with Crippen LogP contribution in [-0.4, -0.2) is 52.7 Å². The molecule has 1 fully saturated rings. The maximum absolute atomic E-state index is 12.5. The zero-order valence-corrected chi connectivity index (χ0v) is 12.7. The minimum absolute atomic E-state index is 0.0255. The fourth-order valence-electron chi connectivity index (χ4n) is 2.52. The number of hydrogen-bond acceptors (Lipinski definition) is 4. The van der Waals surface area contributed by atoms with Gasteiger partial charge in [-0.25, -0.2) is 13.2 Å². The van der Waals surface area contributed by atoms with Gasteiger partial charge in [-0.2, -0.15) is 4.31 Å². The average Bonchev–Trinajstić information content (AvgIpc) is 2.84. The van der Waals surface area contributed by atoms with E-state index in [1.54, 1.807) is 0 Å². The first-order chi connectivity index (χ1) is 9.86. The summed E-state index contributed by atoms with van der Waals surface area (Å²) in [7, 11) is -3.76. The van der Waals surface area contributed by atoms with Gasteiger partial charge in [0.1, 0.15) is 10.6 Å². The Morgan fingerprint density at radius 2 is 2.19 bits per heavy atom. The molecule has 0 radical (unpaired) electrons. The maximum atomic E-state index is 12.5. The molecular formula is C13H20N2O5S. The summed E-state index contributed by atoms with van der Waals surface area (Å²) in [6.45, 7) is 2.74. The normalized spacial score (nSPS) is 20.6. The van der Waals surface area contributed by atoms with Gasteiger partial charge < -0.3 is 14.8 Å². The number of aliphatic hydroxyl groups is 1. The second-order valence-electron chi connectivity index (χ2n) is 5.22. The van der Waals surface area contributed by atoms with E-state index < -0.39 is 22.1 Å². The summed E-state index contributed by atoms with van der Waals surface area (Å²) < 4.78 is 27.7. The highest BCUT2D eigenvalue weighted by Crippen LogP contribution is 2.23. The zero-order chi connectivity index (χ0) is 15.6. The fraction of sp³-hybridized carbons (Fsp3) is 0.615. The molecule has 0 unspecified atom stereocenters. The SMILES string of the molecule is CCCn1cc(S(=O)(=O)N2CCC[C@H](O)C2)cc1C(=O)O. The van der Waals surface area contributed by atoms with Crippen molar-refractivity contribution < 1.29 is 23.4 Å². The van der Waals surface area contributed by atoms with Crippen LogP contribution < -0.4 is 0 Å². The summed E-state index contributed by atoms with van der Waals surface area (Å²) in [6.07, 6.45) is 2.59. The molecule has 2 heterocycles. The van der Waals surface area contributed by atoms with Gasteiger partial charge in [0.15, 0.2) is 0 Å². The van der Waals surface area contributed by atoms with Crippen LogP contribution in [0.5, 0.6) is 0 Å². The van der Waals surface area contributed by atoms with Gasteiger partial charge in [0.25, 0.3) is 0 Å². The van der Waals surface area contributed by atoms with Crippen LogP contribution in [0.4, 0.5) is 0 Å². The molecule has 1 saturated heterocycles. The summed E-state index contributed by atoms with van der Waals surface area (Å²) in [4.78, 5) is 11.2. The van der Waals surface area contributed by atoms with Crippen LogP contribution in [0.3, 0.4) is 0 Å². The van der Waals surface area contributed by atoms with Gasteiger partial charge in [0, 0.05) is 25.8 Å². The number of aliphatic hydroxyl groups excluding tert-OH is 1. The highest BCUT2D eigenvalue weighted by molar-refractivity contribution is 7.89. The fourth-order valence-corrected chi connectivity index (χ4v) is 4.07. The first-order valence-corrected chi connectivity index (χ1v) is 8.42. The quantitative estimate of drug-likeness (QED) is 0.834. The van der Waals surface area contributed by atoms with Crippen molar-refractivity contribution in [3.8, 4) is 0 Å². The van der Waals surface area contributed by atoms with Gasteiger partial charge in [-0.05, 0) is 25.3 Å². The van der Waals surface area contributed by atoms with Crippen molar-refractivity contribution >= 4 is 16.0 Å². The predicted octanol–water partition coefficient (Wildman–Crippen LogP) is 0.742. The third-order valence-corrected chi connectivity index (χ3v) is 5.38. The standard InChI is InChI=1S/C13H20N2O5S/c1-2-5-14-9-11(7-12(14)13(17)18)21(19,20)15-6-3-4-10(16)8-15/h7,9-10,16H,2-6,8H2,1H3,(H,17,18)/t10-/m0/s1. The Bertz CT molecular complexity index is 623. The molecular weight excluding hydrogens is 296 g/mol. The van der Waals surface area contributed by atoms with E-state index in [9.17, 15) is 18.3 Å². The predicted molar refractivity (Wildman–Crippen MR) is 75.7 cm³/mol. The van der Waals surface area contributed by atoms with E-state index in [1.807, 2.05) is 6.92 Å². The summed E-state index contributed by atoms with van der Waals surface area (Å²) in [5.74, 6) is -1.15. The molecule has 7 nitrogen and oxygen atoms in total. The first-order valence-electron chi connectivity index (χ1n) is 6.98. The number of carboxylic acid groups (broad SMARTS) is 1. The van der Waals surface area contributed by atoms with Crippen molar-refractivity contribution in [2.24, 2.45) is 0 Å². The van der Waals surface area contributed by atoms with E-state index in [0.717, 1.165) is 0 Å². The number of nitrogens with zero attached hydrogens (tertiary/aromatic N) is 2. The number of carbonyl (C=O) groups is 1. The number of sulfonamides is 1. The molecule has 2 N–H and O–H groups in total. The molecule has 0 bridgehead atoms. The summed E-state index contributed by atoms with van der Waals surface area (Å²) in [5, 5.41) is 18.8. The van der Waals surface area contributed by atoms with E-state index in [0.29, 0.717) is 32.4 Å². The van der Waals surface area contributed by atoms with E-state index >= 15 is 0 Å². The number of aromatic carboxylic acids is 1. The van der Waals surface area contributed by atoms with Crippen molar-refractivity contribution in [3.63, 3.8) is 0 Å². The Morgan fingerprint density at radius 1 is 1.48 bits per heavy atom. The van der Waals surface area contributed by atoms with Crippen molar-refractivity contribution in [2.75, 3.05) is 13.1 Å². The molecule has 1 atom stereocenters. The van der Waals surface area contributed by atoms with Crippen LogP contribution in [-0.2, 0) is 16.6 Å². The molecule has 8 heteroatoms. The molecule has 2 rings (SSSR count). The minimum Gasteiger partial charge on any atom is -0.477 e. The van der Waals surface area contributed by atoms with E-state index in [2.05, 4.69) is 0 Å². The third kappa shape index (κ3) is 3.28. The molecule has 0 aliphatic carbocycles. The Hall–Kier alpha value is -1.38. The number of aromatic nitrogens is 1. The molecule has 0 amide bonds. The largest absolute Gasteiger partial charge is 0.477 e. The topological polar surface area (TPSA) is 99.8 Å². The molecule has 0 spiro atoms. The smallest absolute Gasteiger partial charge is 0.352 e. The summed E-state index contributed by atoms with van der Waals surface area (Å²) in [5.41, 5.74) is -0.0343. The monoisotopic (exact) mass is 316 g/mol. The van der Waals surface area contributed by atoms with Crippen molar-refractivity contribution in [3.05, 3.63) is 18.0 Å². The summed E-state index contributed by atoms with van der Waals surface area (Å²) >= 11 is 0. The van der Waals surface area contributed by atoms with Crippen molar-refractivity contribution in [1.82, 2.24) is 8.87 Å². The lowest BCUT2D eigenvalue weighted by Gasteiger charge is -2.28. The Morgan fingerprint density at radius 3 is 2.76 bits per heavy atom. The van der Waals surface area contributed by atoms with E-state index in [4.69, 9.17) is 5.11 Å². The molecule has 1 aliphatic heterocycles. The highest BCUT2D eigenvalue weighted by atomic mass is 32.2. The second kappa shape index (κ2) is 6.17. The number of rotatable bonds is 5. The molecule has 1 aromatic heterocycles. The number of piperidine rings is 1. The third-order valence-electron chi connectivity index (χ3n) is 3.55. The summed E-state index contributed by atoms with van der Waals surface area (Å²) in [6, 6.07) is 1.19. The van der Waals surface area contributed by atoms with Crippen LogP contribution >= 0.6 is 0 Å². The number of β-amino-alcohol motifs (C(OH)–C–C–N with tert-alkyl or cyclic N) is 1. The van der Waals surface area contributed by atoms with Crippen LogP contribution in [0.25, 0.3) is 0 Å². The molecule has 1 aromatic rings. The van der Waals surface area contributed by atoms with E-state index in [-0.39, 0.29) is 17.1 Å². The van der Waals surface area contributed by atoms with Gasteiger partial charge in [0.2, 0.25) is 10.0 Å². The maximum Gasteiger partial charge on any atom is 0.352 e. The van der Waals surface area contributed by atoms with Crippen molar-refractivity contribution in [2.45, 2.75) is 43.7 Å². The lowest BCUT2D eigenvalue weighted by molar-refractivity contribution is 0.0685.